The second-order valence-corrected chi connectivity index (χ2v) is 8.03. The molecule has 0 spiro atoms. The van der Waals surface area contributed by atoms with Crippen LogP contribution in [-0.4, -0.2) is 23.3 Å². The van der Waals surface area contributed by atoms with Crippen LogP contribution >= 0.6 is 0 Å². The zero-order valence-electron chi connectivity index (χ0n) is 18.7. The Bertz CT molecular complexity index is 1310. The summed E-state index contributed by atoms with van der Waals surface area (Å²) in [7, 11) is 1.62. The van der Waals surface area contributed by atoms with Gasteiger partial charge in [0.1, 0.15) is 5.75 Å². The molecule has 1 aromatic heterocycles. The van der Waals surface area contributed by atoms with Gasteiger partial charge in [-0.15, -0.1) is 0 Å². The number of hydrogen-bond acceptors (Lipinski definition) is 3. The number of carbonyl (C=O) groups is 1. The molecule has 1 amide bonds. The fraction of sp³-hybridized carbons (Fsp3) is 0.185. The van der Waals surface area contributed by atoms with Crippen LogP contribution in [0, 0.1) is 20.8 Å². The van der Waals surface area contributed by atoms with Crippen LogP contribution in [0.5, 0.6) is 5.75 Å². The molecular weight excluding hydrogens is 400 g/mol. The molecule has 0 aliphatic rings. The minimum Gasteiger partial charge on any atom is -0.496 e. The molecule has 5 heteroatoms. The standard InChI is InChI=1S/C27H26N2O3/c1-17-11-23(22-10-9-20-7-5-6-8-21(20)13-22)14-24(12-17)29(27(30)31)16-25-19(3)26(32-4)18(2)15-28-25/h5-15H,16H2,1-4H3,(H,30,31). The van der Waals surface area contributed by atoms with Gasteiger partial charge in [0, 0.05) is 23.0 Å². The number of rotatable bonds is 5. The van der Waals surface area contributed by atoms with E-state index in [1.165, 1.54) is 10.3 Å². The molecule has 0 bridgehead atoms. The summed E-state index contributed by atoms with van der Waals surface area (Å²) < 4.78 is 5.49. The third-order valence-electron chi connectivity index (χ3n) is 5.75. The van der Waals surface area contributed by atoms with Crippen molar-refractivity contribution in [1.82, 2.24) is 4.98 Å². The van der Waals surface area contributed by atoms with Gasteiger partial charge in [-0.05, 0) is 66.4 Å². The van der Waals surface area contributed by atoms with Gasteiger partial charge in [-0.25, -0.2) is 4.79 Å². The number of amides is 1. The zero-order valence-corrected chi connectivity index (χ0v) is 18.7. The summed E-state index contributed by atoms with van der Waals surface area (Å²) in [5, 5.41) is 12.3. The fourth-order valence-corrected chi connectivity index (χ4v) is 4.10. The molecule has 162 valence electrons. The number of fused-ring (bicyclic) bond motifs is 1. The van der Waals surface area contributed by atoms with Gasteiger partial charge in [-0.3, -0.25) is 9.88 Å². The summed E-state index contributed by atoms with van der Waals surface area (Å²) in [6.45, 7) is 5.95. The number of ether oxygens (including phenoxy) is 1. The summed E-state index contributed by atoms with van der Waals surface area (Å²) in [6.07, 6.45) is 0.693. The summed E-state index contributed by atoms with van der Waals surface area (Å²) >= 11 is 0. The second kappa shape index (κ2) is 8.71. The highest BCUT2D eigenvalue weighted by Crippen LogP contribution is 2.31. The average Bonchev–Trinajstić information content (AvgIpc) is 2.78. The number of aryl methyl sites for hydroxylation is 2. The van der Waals surface area contributed by atoms with Gasteiger partial charge in [0.15, 0.2) is 0 Å². The monoisotopic (exact) mass is 426 g/mol. The van der Waals surface area contributed by atoms with Crippen LogP contribution in [0.3, 0.4) is 0 Å². The van der Waals surface area contributed by atoms with E-state index in [0.717, 1.165) is 39.0 Å². The highest BCUT2D eigenvalue weighted by molar-refractivity contribution is 5.90. The van der Waals surface area contributed by atoms with Crippen LogP contribution in [0.4, 0.5) is 10.5 Å². The van der Waals surface area contributed by atoms with E-state index >= 15 is 0 Å². The third-order valence-corrected chi connectivity index (χ3v) is 5.75. The minimum atomic E-state index is -1.03. The Kier molecular flexibility index (Phi) is 5.82. The Hall–Kier alpha value is -3.86. The topological polar surface area (TPSA) is 62.7 Å². The Morgan fingerprint density at radius 3 is 2.44 bits per heavy atom. The zero-order chi connectivity index (χ0) is 22.8. The number of benzene rings is 3. The molecule has 1 N–H and O–H groups in total. The lowest BCUT2D eigenvalue weighted by atomic mass is 9.99. The van der Waals surface area contributed by atoms with Crippen LogP contribution in [0.15, 0.2) is 66.9 Å². The Balaban J connectivity index is 1.75. The van der Waals surface area contributed by atoms with Crippen molar-refractivity contribution in [2.45, 2.75) is 27.3 Å². The number of nitrogens with zero attached hydrogens (tertiary/aromatic N) is 2. The molecule has 4 aromatic rings. The Morgan fingerprint density at radius 2 is 1.72 bits per heavy atom. The van der Waals surface area contributed by atoms with Gasteiger partial charge in [-0.2, -0.15) is 0 Å². The Labute approximate surface area is 187 Å². The van der Waals surface area contributed by atoms with Crippen LogP contribution < -0.4 is 9.64 Å². The van der Waals surface area contributed by atoms with E-state index in [0.29, 0.717) is 11.4 Å². The van der Waals surface area contributed by atoms with E-state index in [9.17, 15) is 9.90 Å². The minimum absolute atomic E-state index is 0.137. The predicted molar refractivity (Wildman–Crippen MR) is 129 cm³/mol. The molecule has 3 aromatic carbocycles. The van der Waals surface area contributed by atoms with E-state index in [1.54, 1.807) is 13.3 Å². The van der Waals surface area contributed by atoms with Crippen molar-refractivity contribution in [3.63, 3.8) is 0 Å². The lowest BCUT2D eigenvalue weighted by Gasteiger charge is -2.22. The van der Waals surface area contributed by atoms with Crippen molar-refractivity contribution in [2.75, 3.05) is 12.0 Å². The van der Waals surface area contributed by atoms with Crippen molar-refractivity contribution in [2.24, 2.45) is 0 Å². The molecule has 0 aliphatic heterocycles. The third kappa shape index (κ3) is 4.14. The largest absolute Gasteiger partial charge is 0.496 e. The van der Waals surface area contributed by atoms with Crippen LogP contribution in [0.1, 0.15) is 22.4 Å². The molecule has 0 fully saturated rings. The van der Waals surface area contributed by atoms with Crippen molar-refractivity contribution in [3.05, 3.63) is 89.2 Å². The second-order valence-electron chi connectivity index (χ2n) is 8.03. The van der Waals surface area contributed by atoms with Crippen molar-refractivity contribution < 1.29 is 14.6 Å². The van der Waals surface area contributed by atoms with E-state index < -0.39 is 6.09 Å². The molecule has 4 rings (SSSR count). The first-order chi connectivity index (χ1) is 15.4. The predicted octanol–water partition coefficient (Wildman–Crippen LogP) is 6.52. The number of aromatic nitrogens is 1. The van der Waals surface area contributed by atoms with Gasteiger partial charge in [0.05, 0.1) is 19.3 Å². The SMILES string of the molecule is COc1c(C)cnc(CN(C(=O)O)c2cc(C)cc(-c3ccc4ccccc4c3)c2)c1C. The molecule has 0 saturated carbocycles. The fourth-order valence-electron chi connectivity index (χ4n) is 4.10. The molecule has 0 atom stereocenters. The highest BCUT2D eigenvalue weighted by atomic mass is 16.5. The number of pyridine rings is 1. The maximum atomic E-state index is 12.2. The van der Waals surface area contributed by atoms with Gasteiger partial charge in [-0.1, -0.05) is 42.5 Å². The summed E-state index contributed by atoms with van der Waals surface area (Å²) in [5.41, 5.74) is 6.06. The van der Waals surface area contributed by atoms with Crippen LogP contribution in [0.25, 0.3) is 21.9 Å². The first-order valence-electron chi connectivity index (χ1n) is 10.5. The van der Waals surface area contributed by atoms with Crippen molar-refractivity contribution in [3.8, 4) is 16.9 Å². The molecule has 0 radical (unpaired) electrons. The van der Waals surface area contributed by atoms with Gasteiger partial charge in [0.2, 0.25) is 0 Å². The molecular formula is C27H26N2O3. The lowest BCUT2D eigenvalue weighted by molar-refractivity contribution is 0.201. The smallest absolute Gasteiger partial charge is 0.412 e. The van der Waals surface area contributed by atoms with Crippen LogP contribution in [-0.2, 0) is 6.54 Å². The first-order valence-corrected chi connectivity index (χ1v) is 10.5. The van der Waals surface area contributed by atoms with E-state index in [1.807, 2.05) is 45.0 Å². The molecule has 1 heterocycles. The highest BCUT2D eigenvalue weighted by Gasteiger charge is 2.20. The number of carboxylic acid groups (broad SMARTS) is 1. The van der Waals surface area contributed by atoms with Gasteiger partial charge >= 0.3 is 6.09 Å². The Morgan fingerprint density at radius 1 is 0.969 bits per heavy atom. The maximum absolute atomic E-state index is 12.2. The summed E-state index contributed by atoms with van der Waals surface area (Å²) in [6, 6.07) is 20.4. The molecule has 32 heavy (non-hydrogen) atoms. The van der Waals surface area contributed by atoms with E-state index in [2.05, 4.69) is 41.4 Å². The molecule has 0 aliphatic carbocycles. The maximum Gasteiger partial charge on any atom is 0.412 e. The first kappa shape index (κ1) is 21.4. The number of hydrogen-bond donors (Lipinski definition) is 1. The van der Waals surface area contributed by atoms with Crippen molar-refractivity contribution in [1.29, 1.82) is 0 Å². The van der Waals surface area contributed by atoms with Gasteiger partial charge in [0.25, 0.3) is 0 Å². The number of methoxy groups -OCH3 is 1. The lowest BCUT2D eigenvalue weighted by Crippen LogP contribution is -2.29. The molecule has 0 saturated heterocycles. The van der Waals surface area contributed by atoms with E-state index in [-0.39, 0.29) is 6.54 Å². The number of anilines is 1. The molecule has 5 nitrogen and oxygen atoms in total. The van der Waals surface area contributed by atoms with Gasteiger partial charge < -0.3 is 9.84 Å². The summed E-state index contributed by atoms with van der Waals surface area (Å²) in [5.74, 6) is 0.737. The van der Waals surface area contributed by atoms with Crippen LogP contribution in [0.2, 0.25) is 0 Å². The molecule has 0 unspecified atom stereocenters. The average molecular weight is 427 g/mol. The van der Waals surface area contributed by atoms with E-state index in [4.69, 9.17) is 4.74 Å². The van der Waals surface area contributed by atoms with Crippen molar-refractivity contribution >= 4 is 22.6 Å². The quantitative estimate of drug-likeness (QED) is 0.395. The summed E-state index contributed by atoms with van der Waals surface area (Å²) in [4.78, 5) is 18.1. The normalized spacial score (nSPS) is 10.9.